The number of rotatable bonds is 4. The van der Waals surface area contributed by atoms with Gasteiger partial charge in [0.2, 0.25) is 0 Å². The number of nitrogens with one attached hydrogen (secondary N) is 1. The van der Waals surface area contributed by atoms with E-state index in [1.807, 2.05) is 4.72 Å². The minimum atomic E-state index is -4.41. The van der Waals surface area contributed by atoms with Gasteiger partial charge in [0, 0.05) is 10.6 Å². The smallest absolute Gasteiger partial charge is 0.262 e. The molecular weight excluding hydrogens is 430 g/mol. The van der Waals surface area contributed by atoms with Crippen LogP contribution in [0, 0.1) is 37.1 Å². The first-order chi connectivity index (χ1) is 13.5. The first-order valence-electron chi connectivity index (χ1n) is 8.25. The summed E-state index contributed by atoms with van der Waals surface area (Å²) in [6.07, 6.45) is 0. The average Bonchev–Trinajstić information content (AvgIpc) is 2.69. The molecular formula is C20H14ClF4NO2S. The van der Waals surface area contributed by atoms with Crippen molar-refractivity contribution in [1.29, 1.82) is 0 Å². The van der Waals surface area contributed by atoms with Gasteiger partial charge in [-0.3, -0.25) is 4.72 Å². The molecule has 0 atom stereocenters. The van der Waals surface area contributed by atoms with Crippen molar-refractivity contribution in [2.75, 3.05) is 4.72 Å². The van der Waals surface area contributed by atoms with Crippen LogP contribution in [0.3, 0.4) is 0 Å². The Balaban J connectivity index is 2.30. The molecule has 29 heavy (non-hydrogen) atoms. The third-order valence-electron chi connectivity index (χ3n) is 4.28. The number of hydrogen-bond donors (Lipinski definition) is 1. The van der Waals surface area contributed by atoms with Crippen LogP contribution in [0.5, 0.6) is 0 Å². The number of anilines is 1. The summed E-state index contributed by atoms with van der Waals surface area (Å²) in [5.41, 5.74) is -0.938. The van der Waals surface area contributed by atoms with Crippen LogP contribution in [0.1, 0.15) is 11.1 Å². The quantitative estimate of drug-likeness (QED) is 0.306. The first-order valence-corrected chi connectivity index (χ1v) is 10.1. The van der Waals surface area contributed by atoms with Crippen LogP contribution in [0.25, 0.3) is 11.1 Å². The second-order valence-electron chi connectivity index (χ2n) is 6.35. The summed E-state index contributed by atoms with van der Waals surface area (Å²) < 4.78 is 84.2. The van der Waals surface area contributed by atoms with Gasteiger partial charge in [-0.1, -0.05) is 29.8 Å². The monoisotopic (exact) mass is 443 g/mol. The fraction of sp³-hybridized carbons (Fsp3) is 0.100. The lowest BCUT2D eigenvalue weighted by molar-refractivity contribution is 0.413. The molecule has 9 heteroatoms. The Morgan fingerprint density at radius 2 is 1.34 bits per heavy atom. The molecule has 0 aliphatic rings. The van der Waals surface area contributed by atoms with E-state index in [0.29, 0.717) is 16.1 Å². The summed E-state index contributed by atoms with van der Waals surface area (Å²) in [6.45, 7) is 3.17. The minimum absolute atomic E-state index is 0.0644. The number of halogens is 5. The van der Waals surface area contributed by atoms with Gasteiger partial charge in [-0.15, -0.1) is 0 Å². The lowest BCUT2D eigenvalue weighted by Crippen LogP contribution is -2.17. The van der Waals surface area contributed by atoms with Crippen LogP contribution in [0.2, 0.25) is 5.02 Å². The Kier molecular flexibility index (Phi) is 5.60. The standard InChI is InChI=1S/C20H14ClF4NO2S/c1-10-8-12(9-11(2)15(10)21)14-16(22)17(23)18(24)19(25)20(14)26-29(27,28)13-6-4-3-5-7-13/h3-9,26H,1-2H3. The summed E-state index contributed by atoms with van der Waals surface area (Å²) >= 11 is 6.08. The Labute approximate surface area is 170 Å². The van der Waals surface area contributed by atoms with Gasteiger partial charge in [0.15, 0.2) is 23.3 Å². The molecule has 0 saturated heterocycles. The maximum absolute atomic E-state index is 14.7. The van der Waals surface area contributed by atoms with Crippen molar-refractivity contribution < 1.29 is 26.0 Å². The maximum atomic E-state index is 14.7. The summed E-state index contributed by atoms with van der Waals surface area (Å²) in [7, 11) is -4.41. The predicted octanol–water partition coefficient (Wildman–Crippen LogP) is 5.98. The van der Waals surface area contributed by atoms with E-state index in [1.165, 1.54) is 36.4 Å². The zero-order valence-electron chi connectivity index (χ0n) is 15.2. The molecule has 3 rings (SSSR count). The normalized spacial score (nSPS) is 11.6. The molecule has 0 saturated carbocycles. The molecule has 0 aromatic heterocycles. The van der Waals surface area contributed by atoms with Crippen molar-refractivity contribution in [1.82, 2.24) is 0 Å². The summed E-state index contributed by atoms with van der Waals surface area (Å²) in [6, 6.07) is 9.48. The van der Waals surface area contributed by atoms with E-state index in [0.717, 1.165) is 0 Å². The van der Waals surface area contributed by atoms with Crippen molar-refractivity contribution in [2.45, 2.75) is 18.7 Å². The number of sulfonamides is 1. The molecule has 0 spiro atoms. The topological polar surface area (TPSA) is 46.2 Å². The van der Waals surface area contributed by atoms with Gasteiger partial charge < -0.3 is 0 Å². The molecule has 3 aromatic carbocycles. The molecule has 0 aliphatic carbocycles. The maximum Gasteiger partial charge on any atom is 0.262 e. The highest BCUT2D eigenvalue weighted by Crippen LogP contribution is 2.39. The fourth-order valence-electron chi connectivity index (χ4n) is 2.88. The van der Waals surface area contributed by atoms with Crippen LogP contribution in [0.15, 0.2) is 47.4 Å². The molecule has 0 unspecified atom stereocenters. The zero-order chi connectivity index (χ0) is 21.5. The number of benzene rings is 3. The Hall–Kier alpha value is -2.58. The first kappa shape index (κ1) is 21.1. The van der Waals surface area contributed by atoms with Crippen LogP contribution < -0.4 is 4.72 Å². The van der Waals surface area contributed by atoms with Crippen LogP contribution in [0.4, 0.5) is 23.2 Å². The molecule has 0 bridgehead atoms. The van der Waals surface area contributed by atoms with Gasteiger partial charge in [0.05, 0.1) is 10.6 Å². The van der Waals surface area contributed by atoms with Crippen molar-refractivity contribution in [2.24, 2.45) is 0 Å². The van der Waals surface area contributed by atoms with E-state index < -0.39 is 44.5 Å². The summed E-state index contributed by atoms with van der Waals surface area (Å²) in [4.78, 5) is -0.265. The lowest BCUT2D eigenvalue weighted by Gasteiger charge is -2.17. The minimum Gasteiger partial charge on any atom is -0.276 e. The summed E-state index contributed by atoms with van der Waals surface area (Å²) in [5.74, 6) is -7.76. The van der Waals surface area contributed by atoms with E-state index >= 15 is 0 Å². The molecule has 3 aromatic rings. The van der Waals surface area contributed by atoms with Gasteiger partial charge in [-0.05, 0) is 54.8 Å². The van der Waals surface area contributed by atoms with Crippen molar-refractivity contribution in [3.63, 3.8) is 0 Å². The van der Waals surface area contributed by atoms with Gasteiger partial charge in [0.1, 0.15) is 0 Å². The van der Waals surface area contributed by atoms with Crippen molar-refractivity contribution >= 4 is 27.3 Å². The summed E-state index contributed by atoms with van der Waals surface area (Å²) in [5, 5.41) is 0.351. The van der Waals surface area contributed by atoms with Gasteiger partial charge >= 0.3 is 0 Å². The lowest BCUT2D eigenvalue weighted by atomic mass is 9.98. The molecule has 1 N–H and O–H groups in total. The fourth-order valence-corrected chi connectivity index (χ4v) is 4.08. The average molecular weight is 444 g/mol. The second-order valence-corrected chi connectivity index (χ2v) is 8.41. The highest BCUT2D eigenvalue weighted by molar-refractivity contribution is 7.92. The molecule has 0 radical (unpaired) electrons. The van der Waals surface area contributed by atoms with Crippen LogP contribution >= 0.6 is 11.6 Å². The molecule has 0 amide bonds. The van der Waals surface area contributed by atoms with E-state index in [4.69, 9.17) is 11.6 Å². The van der Waals surface area contributed by atoms with Crippen LogP contribution in [-0.2, 0) is 10.0 Å². The highest BCUT2D eigenvalue weighted by atomic mass is 35.5. The number of aryl methyl sites for hydroxylation is 2. The third-order valence-corrected chi connectivity index (χ3v) is 6.24. The van der Waals surface area contributed by atoms with E-state index in [-0.39, 0.29) is 10.5 Å². The molecule has 0 heterocycles. The Bertz CT molecular complexity index is 1190. The largest absolute Gasteiger partial charge is 0.276 e. The van der Waals surface area contributed by atoms with Gasteiger partial charge in [-0.25, -0.2) is 26.0 Å². The molecule has 0 fully saturated rings. The SMILES string of the molecule is Cc1cc(-c2c(F)c(F)c(F)c(F)c2NS(=O)(=O)c2ccccc2)cc(C)c1Cl. The van der Waals surface area contributed by atoms with E-state index in [1.54, 1.807) is 19.9 Å². The highest BCUT2D eigenvalue weighted by Gasteiger charge is 2.29. The third kappa shape index (κ3) is 3.82. The van der Waals surface area contributed by atoms with Gasteiger partial charge in [0.25, 0.3) is 10.0 Å². The molecule has 3 nitrogen and oxygen atoms in total. The molecule has 152 valence electrons. The van der Waals surface area contributed by atoms with Gasteiger partial charge in [-0.2, -0.15) is 0 Å². The Morgan fingerprint density at radius 1 is 0.828 bits per heavy atom. The van der Waals surface area contributed by atoms with Crippen molar-refractivity contribution in [3.8, 4) is 11.1 Å². The van der Waals surface area contributed by atoms with Crippen molar-refractivity contribution in [3.05, 3.63) is 81.9 Å². The van der Waals surface area contributed by atoms with Crippen LogP contribution in [-0.4, -0.2) is 8.42 Å². The Morgan fingerprint density at radius 3 is 1.90 bits per heavy atom. The number of hydrogen-bond acceptors (Lipinski definition) is 2. The molecule has 0 aliphatic heterocycles. The second kappa shape index (κ2) is 7.68. The zero-order valence-corrected chi connectivity index (χ0v) is 16.7. The van der Waals surface area contributed by atoms with E-state index in [2.05, 4.69) is 0 Å². The predicted molar refractivity (Wildman–Crippen MR) is 103 cm³/mol. The van der Waals surface area contributed by atoms with E-state index in [9.17, 15) is 26.0 Å².